The van der Waals surface area contributed by atoms with Crippen molar-refractivity contribution in [1.82, 2.24) is 29.1 Å². The molecule has 9 heteroatoms. The summed E-state index contributed by atoms with van der Waals surface area (Å²) < 4.78 is 3.53. The number of carbonyl (C=O) groups excluding carboxylic acids is 2. The first-order chi connectivity index (χ1) is 15.9. The first-order valence-electron chi connectivity index (χ1n) is 10.7. The number of rotatable bonds is 3. The molecule has 1 saturated heterocycles. The summed E-state index contributed by atoms with van der Waals surface area (Å²) in [5.74, 6) is -0.155. The van der Waals surface area contributed by atoms with Gasteiger partial charge in [-0.25, -0.2) is 9.67 Å². The van der Waals surface area contributed by atoms with Crippen LogP contribution in [0, 0.1) is 0 Å². The Labute approximate surface area is 196 Å². The maximum atomic E-state index is 13.2. The number of carbonyl (C=O) groups is 2. The molecule has 0 spiro atoms. The molecule has 5 rings (SSSR count). The molecule has 2 amide bonds. The van der Waals surface area contributed by atoms with Crippen LogP contribution in [0.2, 0.25) is 5.02 Å². The summed E-state index contributed by atoms with van der Waals surface area (Å²) in [5, 5.41) is 6.01. The van der Waals surface area contributed by atoms with Crippen LogP contribution in [-0.4, -0.2) is 66.6 Å². The third-order valence-electron chi connectivity index (χ3n) is 6.07. The summed E-state index contributed by atoms with van der Waals surface area (Å²) in [6, 6.07) is 14.8. The molecule has 1 aliphatic rings. The number of amides is 2. The number of piperazine rings is 1. The zero-order chi connectivity index (χ0) is 23.1. The fourth-order valence-corrected chi connectivity index (χ4v) is 4.44. The van der Waals surface area contributed by atoms with Gasteiger partial charge in [0.1, 0.15) is 6.33 Å². The molecule has 0 aliphatic carbocycles. The molecule has 168 valence electrons. The van der Waals surface area contributed by atoms with Gasteiger partial charge in [-0.05, 0) is 48.7 Å². The Morgan fingerprint density at radius 2 is 1.91 bits per heavy atom. The zero-order valence-corrected chi connectivity index (χ0v) is 19.1. The number of fused-ring (bicyclic) bond motifs is 1. The van der Waals surface area contributed by atoms with Crippen LogP contribution in [0.5, 0.6) is 0 Å². The van der Waals surface area contributed by atoms with Crippen molar-refractivity contribution in [2.75, 3.05) is 19.6 Å². The molecule has 3 heterocycles. The molecular formula is C24H23ClN6O2. The predicted octanol–water partition coefficient (Wildman–Crippen LogP) is 3.40. The van der Waals surface area contributed by atoms with E-state index in [1.807, 2.05) is 66.0 Å². The molecule has 0 radical (unpaired) electrons. The van der Waals surface area contributed by atoms with E-state index in [9.17, 15) is 9.59 Å². The second-order valence-electron chi connectivity index (χ2n) is 8.29. The Balaban J connectivity index is 1.28. The summed E-state index contributed by atoms with van der Waals surface area (Å²) in [5.41, 5.74) is 2.40. The highest BCUT2D eigenvalue weighted by atomic mass is 35.5. The lowest BCUT2D eigenvalue weighted by Crippen LogP contribution is -2.55. The van der Waals surface area contributed by atoms with Gasteiger partial charge in [0, 0.05) is 55.0 Å². The molecule has 2 aromatic carbocycles. The topological polar surface area (TPSA) is 76.3 Å². The monoisotopic (exact) mass is 462 g/mol. The van der Waals surface area contributed by atoms with E-state index in [1.165, 1.54) is 11.0 Å². The van der Waals surface area contributed by atoms with Crippen molar-refractivity contribution in [3.05, 3.63) is 77.5 Å². The SMILES string of the molecule is CC1CN(C(=O)c2ncn(-c3cccc(Cl)c3)n2)CCN1C(=O)c1ccc2ccn(C)c2c1. The van der Waals surface area contributed by atoms with Crippen molar-refractivity contribution in [2.45, 2.75) is 13.0 Å². The standard InChI is InChI=1S/C24H23ClN6O2/c1-16-14-29(24(33)22-26-15-31(27-22)20-5-3-4-19(25)13-20)10-11-30(16)23(32)18-7-6-17-8-9-28(2)21(17)12-18/h3-9,12-13,15-16H,10-11,14H2,1-2H3. The van der Waals surface area contributed by atoms with Crippen molar-refractivity contribution in [2.24, 2.45) is 7.05 Å². The van der Waals surface area contributed by atoms with E-state index >= 15 is 0 Å². The molecule has 1 fully saturated rings. The van der Waals surface area contributed by atoms with Gasteiger partial charge < -0.3 is 14.4 Å². The van der Waals surface area contributed by atoms with Crippen molar-refractivity contribution in [1.29, 1.82) is 0 Å². The first kappa shape index (κ1) is 21.2. The van der Waals surface area contributed by atoms with Crippen molar-refractivity contribution in [3.8, 4) is 5.69 Å². The van der Waals surface area contributed by atoms with Gasteiger partial charge >= 0.3 is 0 Å². The van der Waals surface area contributed by atoms with E-state index in [0.29, 0.717) is 30.2 Å². The van der Waals surface area contributed by atoms with Gasteiger partial charge in [-0.2, -0.15) is 0 Å². The van der Waals surface area contributed by atoms with Crippen LogP contribution < -0.4 is 0 Å². The first-order valence-corrected chi connectivity index (χ1v) is 11.1. The minimum atomic E-state index is -0.250. The van der Waals surface area contributed by atoms with Crippen molar-refractivity contribution >= 4 is 34.3 Å². The average Bonchev–Trinajstić information content (AvgIpc) is 3.45. The van der Waals surface area contributed by atoms with Crippen LogP contribution in [0.15, 0.2) is 61.1 Å². The van der Waals surface area contributed by atoms with Crippen molar-refractivity contribution < 1.29 is 9.59 Å². The molecule has 4 aromatic rings. The number of hydrogen-bond donors (Lipinski definition) is 0. The van der Waals surface area contributed by atoms with E-state index in [4.69, 9.17) is 11.6 Å². The van der Waals surface area contributed by atoms with Crippen LogP contribution in [-0.2, 0) is 7.05 Å². The van der Waals surface area contributed by atoms with Gasteiger partial charge in [0.2, 0.25) is 5.82 Å². The largest absolute Gasteiger partial charge is 0.351 e. The maximum Gasteiger partial charge on any atom is 0.293 e. The van der Waals surface area contributed by atoms with Crippen LogP contribution in [0.1, 0.15) is 27.9 Å². The molecule has 2 aromatic heterocycles. The lowest BCUT2D eigenvalue weighted by atomic mass is 10.1. The average molecular weight is 463 g/mol. The van der Waals surface area contributed by atoms with Gasteiger partial charge in [-0.15, -0.1) is 5.10 Å². The fourth-order valence-electron chi connectivity index (χ4n) is 4.25. The van der Waals surface area contributed by atoms with Gasteiger partial charge in [0.05, 0.1) is 5.69 Å². The summed E-state index contributed by atoms with van der Waals surface area (Å²) in [6.45, 7) is 3.25. The summed E-state index contributed by atoms with van der Waals surface area (Å²) in [7, 11) is 1.96. The molecule has 0 bridgehead atoms. The van der Waals surface area contributed by atoms with E-state index in [2.05, 4.69) is 10.1 Å². The van der Waals surface area contributed by atoms with Crippen LogP contribution >= 0.6 is 11.6 Å². The Morgan fingerprint density at radius 3 is 2.70 bits per heavy atom. The van der Waals surface area contributed by atoms with Gasteiger partial charge in [0.25, 0.3) is 11.8 Å². The number of aromatic nitrogens is 4. The molecule has 1 unspecified atom stereocenters. The molecule has 0 N–H and O–H groups in total. The molecule has 0 saturated carbocycles. The Hall–Kier alpha value is -3.65. The van der Waals surface area contributed by atoms with Gasteiger partial charge in [-0.3, -0.25) is 9.59 Å². The lowest BCUT2D eigenvalue weighted by molar-refractivity contribution is 0.0408. The van der Waals surface area contributed by atoms with E-state index in [1.54, 1.807) is 17.0 Å². The number of halogens is 1. The summed E-state index contributed by atoms with van der Waals surface area (Å²) in [6.07, 6.45) is 3.48. The number of nitrogens with zero attached hydrogens (tertiary/aromatic N) is 6. The van der Waals surface area contributed by atoms with Gasteiger partial charge in [-0.1, -0.05) is 23.7 Å². The number of hydrogen-bond acceptors (Lipinski definition) is 4. The quantitative estimate of drug-likeness (QED) is 0.467. The van der Waals surface area contributed by atoms with E-state index in [-0.39, 0.29) is 23.7 Å². The Kier molecular flexibility index (Phi) is 5.38. The molecule has 1 aliphatic heterocycles. The van der Waals surface area contributed by atoms with Crippen LogP contribution in [0.3, 0.4) is 0 Å². The number of benzene rings is 2. The highest BCUT2D eigenvalue weighted by Crippen LogP contribution is 2.21. The minimum absolute atomic E-state index is 0.0268. The maximum absolute atomic E-state index is 13.2. The normalized spacial score (nSPS) is 16.4. The Bertz CT molecular complexity index is 1360. The summed E-state index contributed by atoms with van der Waals surface area (Å²) in [4.78, 5) is 33.9. The molecule has 8 nitrogen and oxygen atoms in total. The lowest BCUT2D eigenvalue weighted by Gasteiger charge is -2.39. The second kappa shape index (κ2) is 8.37. The van der Waals surface area contributed by atoms with Crippen molar-refractivity contribution in [3.63, 3.8) is 0 Å². The van der Waals surface area contributed by atoms with E-state index in [0.717, 1.165) is 16.6 Å². The number of aryl methyl sites for hydroxylation is 1. The highest BCUT2D eigenvalue weighted by Gasteiger charge is 2.32. The highest BCUT2D eigenvalue weighted by molar-refractivity contribution is 6.30. The molecule has 1 atom stereocenters. The van der Waals surface area contributed by atoms with Crippen LogP contribution in [0.4, 0.5) is 0 Å². The fraction of sp³-hybridized carbons (Fsp3) is 0.250. The second-order valence-corrected chi connectivity index (χ2v) is 8.73. The zero-order valence-electron chi connectivity index (χ0n) is 18.3. The third kappa shape index (κ3) is 3.98. The minimum Gasteiger partial charge on any atom is -0.351 e. The smallest absolute Gasteiger partial charge is 0.293 e. The summed E-state index contributed by atoms with van der Waals surface area (Å²) >= 11 is 6.05. The van der Waals surface area contributed by atoms with Crippen LogP contribution in [0.25, 0.3) is 16.6 Å². The van der Waals surface area contributed by atoms with Gasteiger partial charge in [0.15, 0.2) is 0 Å². The Morgan fingerprint density at radius 1 is 1.06 bits per heavy atom. The molecular weight excluding hydrogens is 440 g/mol. The third-order valence-corrected chi connectivity index (χ3v) is 6.30. The van der Waals surface area contributed by atoms with E-state index < -0.39 is 0 Å². The predicted molar refractivity (Wildman–Crippen MR) is 126 cm³/mol. The molecule has 33 heavy (non-hydrogen) atoms.